The lowest BCUT2D eigenvalue weighted by Gasteiger charge is -2.56. The van der Waals surface area contributed by atoms with E-state index in [0.29, 0.717) is 80.5 Å². The zero-order valence-electron chi connectivity index (χ0n) is 78.9. The number of anilines is 2. The summed E-state index contributed by atoms with van der Waals surface area (Å²) in [6.45, 7) is 47.7. The van der Waals surface area contributed by atoms with Crippen LogP contribution in [-0.2, 0) is 90.9 Å². The van der Waals surface area contributed by atoms with Crippen molar-refractivity contribution in [1.29, 1.82) is 0 Å². The van der Waals surface area contributed by atoms with Crippen molar-refractivity contribution in [2.45, 2.75) is 348 Å². The number of aliphatic hydroxyl groups is 1. The molecule has 6 N–H and O–H groups in total. The van der Waals surface area contributed by atoms with E-state index >= 15 is 0 Å². The van der Waals surface area contributed by atoms with Gasteiger partial charge in [-0.3, -0.25) is 53.9 Å². The number of Topliss-reactive ketones (excluding diaryl/α,β-unsaturated/α-hetero) is 3. The molecule has 125 heavy (non-hydrogen) atoms. The van der Waals surface area contributed by atoms with Crippen molar-refractivity contribution in [2.24, 2.45) is 44.0 Å². The maximum Gasteiger partial charge on any atom is 0.411 e. The van der Waals surface area contributed by atoms with Crippen molar-refractivity contribution < 1.29 is 106 Å². The molecule has 12 atom stereocenters. The Morgan fingerprint density at radius 2 is 0.776 bits per heavy atom. The van der Waals surface area contributed by atoms with Gasteiger partial charge in [0.25, 0.3) is 0 Å². The first-order chi connectivity index (χ1) is 58.1. The highest BCUT2D eigenvalue weighted by molar-refractivity contribution is 5.90. The van der Waals surface area contributed by atoms with E-state index < -0.39 is 110 Å². The standard InChI is InChI=1S/C58H96N6O14.C25H46N2O6.C9H6N2O2.CH4/c1-17-23-30-73-47(67)45(77-63-55(13,19-3)35-43(65)39(7)57(63,15)21-5)37-53(9,10)49(69)59-28-32-75-51(71)61-41-26-25-27-42(34-41)62-52(72)76-33-29-60-50(70)54(11,12)38-46(48(68)74-31-24-18-2)78-64-56(14,20-4)36-44(66)40(8)58(64,16)22-6;1-9-12-15-32-21(30)20(17-23(5,6)22(31)26-13-14-28)33-27-24(7,10-2)16-19(29)18(4)25(27,8)11-3;1-7-2-3-8(10-5-12)4-9(7)11-6-13;/h25-27,34,39-40,45-46H,17-24,28-33,35-38H2,1-16H3,(H,59,69)(H,60,70)(H,61,71)(H,62,72);18,20,28H,9-17H2,1-8H3,(H,26,31);2-4H,1H3;1H4. The Hall–Kier alpha value is -8.71. The van der Waals surface area contributed by atoms with Gasteiger partial charge in [0.2, 0.25) is 29.9 Å². The second kappa shape index (κ2) is 51.3. The fourth-order valence-electron chi connectivity index (χ4n) is 15.3. The Bertz CT molecular complexity index is 3850. The molecule has 3 fully saturated rings. The van der Waals surface area contributed by atoms with Crippen molar-refractivity contribution in [3.63, 3.8) is 0 Å². The van der Waals surface area contributed by atoms with Crippen LogP contribution < -0.4 is 26.6 Å². The lowest BCUT2D eigenvalue weighted by Crippen LogP contribution is -2.67. The molecule has 0 bridgehead atoms. The van der Waals surface area contributed by atoms with Gasteiger partial charge in [-0.2, -0.15) is 25.2 Å². The maximum atomic E-state index is 13.7. The van der Waals surface area contributed by atoms with E-state index in [-0.39, 0.29) is 140 Å². The number of esters is 3. The number of hydrogen-bond acceptors (Lipinski definition) is 27. The number of unbranched alkanes of at least 4 members (excludes halogenated alkanes) is 3. The van der Waals surface area contributed by atoms with Crippen molar-refractivity contribution in [1.82, 2.24) is 31.1 Å². The summed E-state index contributed by atoms with van der Waals surface area (Å²) < 4.78 is 27.5. The third-order valence-electron chi connectivity index (χ3n) is 25.4. The van der Waals surface area contributed by atoms with Gasteiger partial charge in [0.1, 0.15) is 30.6 Å². The van der Waals surface area contributed by atoms with Crippen LogP contribution in [-0.4, -0.2) is 208 Å². The van der Waals surface area contributed by atoms with Gasteiger partial charge in [0.15, 0.2) is 18.3 Å². The monoisotopic (exact) mass is 1760 g/mol. The highest BCUT2D eigenvalue weighted by Gasteiger charge is 2.59. The molecule has 0 aliphatic carbocycles. The van der Waals surface area contributed by atoms with Crippen LogP contribution in [0.5, 0.6) is 0 Å². The summed E-state index contributed by atoms with van der Waals surface area (Å²) >= 11 is 0. The van der Waals surface area contributed by atoms with Crippen LogP contribution in [0.2, 0.25) is 0 Å². The number of nitrogens with zero attached hydrogens (tertiary/aromatic N) is 5. The number of benzene rings is 2. The van der Waals surface area contributed by atoms with Crippen molar-refractivity contribution in [3.8, 4) is 0 Å². The normalized spacial score (nSPS) is 23.6. The number of nitrogens with one attached hydrogen (secondary N) is 5. The van der Waals surface area contributed by atoms with Crippen molar-refractivity contribution in [2.75, 3.05) is 69.9 Å². The molecule has 2 aromatic carbocycles. The van der Waals surface area contributed by atoms with Crippen LogP contribution in [0.3, 0.4) is 0 Å². The minimum atomic E-state index is -1.15. The Kier molecular flexibility index (Phi) is 46.1. The zero-order valence-corrected chi connectivity index (χ0v) is 78.9. The van der Waals surface area contributed by atoms with Gasteiger partial charge in [0, 0.05) is 90.4 Å². The lowest BCUT2D eigenvalue weighted by molar-refractivity contribution is -0.316. The summed E-state index contributed by atoms with van der Waals surface area (Å²) in [6.07, 6.45) is 7.03. The Labute approximate surface area is 743 Å². The number of isocyanates is 2. The Morgan fingerprint density at radius 3 is 1.06 bits per heavy atom. The van der Waals surface area contributed by atoms with Gasteiger partial charge in [-0.25, -0.2) is 33.6 Å². The maximum absolute atomic E-state index is 13.7. The summed E-state index contributed by atoms with van der Waals surface area (Å²) in [7, 11) is 0. The van der Waals surface area contributed by atoms with E-state index in [9.17, 15) is 62.3 Å². The average molecular weight is 1760 g/mol. The molecular weight excluding hydrogens is 1610 g/mol. The summed E-state index contributed by atoms with van der Waals surface area (Å²) in [5, 5.41) is 28.0. The van der Waals surface area contributed by atoms with Gasteiger partial charge in [-0.1, -0.05) is 163 Å². The molecule has 706 valence electrons. The number of carbonyl (C=O) groups excluding carboxylic acids is 13. The summed E-state index contributed by atoms with van der Waals surface area (Å²) in [5.41, 5.74) is -4.94. The Morgan fingerprint density at radius 1 is 0.464 bits per heavy atom. The minimum absolute atomic E-state index is 0. The van der Waals surface area contributed by atoms with Crippen molar-refractivity contribution >= 4 is 100 Å². The summed E-state index contributed by atoms with van der Waals surface area (Å²) in [5.74, 6) is -3.31. The molecule has 5 amide bonds. The highest BCUT2D eigenvalue weighted by Crippen LogP contribution is 2.49. The smallest absolute Gasteiger partial charge is 0.411 e. The molecule has 0 saturated carbocycles. The number of hydrogen-bond donors (Lipinski definition) is 6. The molecule has 3 aliphatic rings. The van der Waals surface area contributed by atoms with E-state index in [4.69, 9.17) is 43.3 Å². The van der Waals surface area contributed by atoms with Crippen LogP contribution in [0.25, 0.3) is 0 Å². The number of hydroxylamine groups is 6. The fourth-order valence-corrected chi connectivity index (χ4v) is 15.3. The number of aliphatic imine (C=N–C) groups is 2. The zero-order chi connectivity index (χ0) is 94.0. The van der Waals surface area contributed by atoms with E-state index in [2.05, 4.69) is 36.6 Å². The predicted molar refractivity (Wildman–Crippen MR) is 477 cm³/mol. The van der Waals surface area contributed by atoms with Crippen LogP contribution in [0, 0.1) is 40.9 Å². The molecule has 2 aromatic rings. The van der Waals surface area contributed by atoms with Gasteiger partial charge in [-0.05, 0) is 142 Å². The number of carbonyl (C=O) groups is 11. The molecule has 3 heterocycles. The second-order valence-electron chi connectivity index (χ2n) is 36.2. The first-order valence-electron chi connectivity index (χ1n) is 44.3. The van der Waals surface area contributed by atoms with E-state index in [0.717, 1.165) is 31.2 Å². The number of ether oxygens (including phenoxy) is 5. The number of amides is 5. The molecule has 0 aromatic heterocycles. The predicted octanol–water partition coefficient (Wildman–Crippen LogP) is 15.6. The van der Waals surface area contributed by atoms with Gasteiger partial charge in [0.05, 0.1) is 84.1 Å². The Balaban J connectivity index is 0.000000914. The molecule has 32 nitrogen and oxygen atoms in total. The van der Waals surface area contributed by atoms with Gasteiger partial charge < -0.3 is 44.7 Å². The first-order valence-corrected chi connectivity index (χ1v) is 44.3. The molecular formula is C93H152N10O22. The van der Waals surface area contributed by atoms with E-state index in [1.165, 1.54) is 24.3 Å². The van der Waals surface area contributed by atoms with Gasteiger partial charge >= 0.3 is 30.1 Å². The largest absolute Gasteiger partial charge is 0.464 e. The number of ketones is 3. The lowest BCUT2D eigenvalue weighted by atomic mass is 9.70. The number of rotatable bonds is 45. The topological polar surface area (TPSA) is 411 Å². The summed E-state index contributed by atoms with van der Waals surface area (Å²) in [6, 6.07) is 11.1. The highest BCUT2D eigenvalue weighted by atomic mass is 16.7. The summed E-state index contributed by atoms with van der Waals surface area (Å²) in [4.78, 5) is 192. The van der Waals surface area contributed by atoms with E-state index in [1.807, 2.05) is 140 Å². The molecule has 3 saturated heterocycles. The van der Waals surface area contributed by atoms with Crippen LogP contribution in [0.15, 0.2) is 52.4 Å². The second-order valence-corrected chi connectivity index (χ2v) is 36.2. The number of piperidine rings is 3. The molecule has 0 spiro atoms. The molecule has 3 aliphatic heterocycles. The van der Waals surface area contributed by atoms with Crippen LogP contribution >= 0.6 is 0 Å². The molecule has 5 rings (SSSR count). The third-order valence-corrected chi connectivity index (χ3v) is 25.4. The average Bonchev–Trinajstić information content (AvgIpc) is 0.750. The molecule has 12 unspecified atom stereocenters. The third kappa shape index (κ3) is 31.3. The van der Waals surface area contributed by atoms with Crippen LogP contribution in [0.4, 0.5) is 32.3 Å². The van der Waals surface area contributed by atoms with Gasteiger partial charge in [-0.15, -0.1) is 0 Å². The van der Waals surface area contributed by atoms with E-state index in [1.54, 1.807) is 78.8 Å². The van der Waals surface area contributed by atoms with Crippen molar-refractivity contribution in [3.05, 3.63) is 48.0 Å². The SMILES string of the molecule is C.CCCCOC(=O)C(CC(C)(C)C(=O)NCCO)ON1C(C)(CC)CC(=O)C(C)C1(C)CC.CCCCOC(=O)C(CC(C)(C)C(=O)NCCOC(=O)Nc1cccc(NC(=O)OCCNC(=O)C(C)(C)CC(ON2C(C)(CC)CC(=O)C(C)C2(C)CC)C(=O)OCCCC)c1)ON1C(C)(CC)CC(=O)C(C)C1(C)CC.Cc1ccc(N=C=O)cc1N=C=O. The van der Waals surface area contributed by atoms with Crippen LogP contribution in [0.1, 0.15) is 295 Å². The quantitative estimate of drug-likeness (QED) is 0.0118. The molecule has 32 heteroatoms. The number of aliphatic hydroxyl groups excluding tert-OH is 1. The number of aryl methyl sites for hydroxylation is 1. The fraction of sp³-hybridized carbons (Fsp3) is 0.731. The first kappa shape index (κ1) is 112. The minimum Gasteiger partial charge on any atom is -0.464 e. The molecule has 0 radical (unpaired) electrons.